The molecule has 2 nitrogen and oxygen atoms in total. The number of aliphatic imine (C=N–C) groups is 1. The number of nitrogens with zero attached hydrogens (tertiary/aromatic N) is 2. The van der Waals surface area contributed by atoms with Crippen LogP contribution < -0.4 is 0 Å². The van der Waals surface area contributed by atoms with E-state index in [1.54, 1.807) is 0 Å². The average Bonchev–Trinajstić information content (AvgIpc) is 2.58. The zero-order valence-electron chi connectivity index (χ0n) is 10.6. The van der Waals surface area contributed by atoms with Crippen molar-refractivity contribution < 1.29 is 0 Å². The molecule has 0 atom stereocenters. The number of para-hydroxylation sites is 1. The third-order valence-electron chi connectivity index (χ3n) is 3.80. The van der Waals surface area contributed by atoms with Crippen molar-refractivity contribution in [2.75, 3.05) is 0 Å². The molecule has 0 amide bonds. The number of allylic oxidation sites excluding steroid dienone is 3. The third kappa shape index (κ3) is 1.53. The van der Waals surface area contributed by atoms with E-state index in [0.717, 1.165) is 13.0 Å². The van der Waals surface area contributed by atoms with Crippen LogP contribution in [0.25, 0.3) is 23.1 Å². The van der Waals surface area contributed by atoms with Crippen molar-refractivity contribution in [3.8, 4) is 0 Å². The summed E-state index contributed by atoms with van der Waals surface area (Å²) in [4.78, 5) is 4.30. The van der Waals surface area contributed by atoms with Crippen LogP contribution in [0, 0.1) is 0 Å². The maximum atomic E-state index is 4.30. The lowest BCUT2D eigenvalue weighted by Crippen LogP contribution is -2.03. The Morgan fingerprint density at radius 1 is 1.11 bits per heavy atom. The van der Waals surface area contributed by atoms with E-state index in [1.165, 1.54) is 27.7 Å². The second-order valence-corrected chi connectivity index (χ2v) is 4.86. The molecule has 1 aliphatic carbocycles. The highest BCUT2D eigenvalue weighted by Gasteiger charge is 2.17. The van der Waals surface area contributed by atoms with Crippen LogP contribution in [0.3, 0.4) is 0 Å². The summed E-state index contributed by atoms with van der Waals surface area (Å²) in [5, 5.41) is 1.36. The van der Waals surface area contributed by atoms with E-state index in [2.05, 4.69) is 58.1 Å². The molecule has 1 aliphatic heterocycles. The van der Waals surface area contributed by atoms with Crippen LogP contribution in [0.4, 0.5) is 0 Å². The summed E-state index contributed by atoms with van der Waals surface area (Å²) in [7, 11) is 0. The van der Waals surface area contributed by atoms with Gasteiger partial charge in [-0.1, -0.05) is 36.4 Å². The van der Waals surface area contributed by atoms with Gasteiger partial charge in [-0.25, -0.2) is 0 Å². The minimum Gasteiger partial charge on any atom is -0.335 e. The molecule has 2 heteroatoms. The molecular formula is C17H14N2. The normalized spacial score (nSPS) is 16.2. The zero-order chi connectivity index (χ0) is 12.7. The largest absolute Gasteiger partial charge is 0.335 e. The van der Waals surface area contributed by atoms with Crippen molar-refractivity contribution in [1.82, 2.24) is 4.57 Å². The first-order valence-corrected chi connectivity index (χ1v) is 6.60. The second-order valence-electron chi connectivity index (χ2n) is 4.86. The molecule has 19 heavy (non-hydrogen) atoms. The monoisotopic (exact) mass is 246 g/mol. The molecule has 0 spiro atoms. The zero-order valence-corrected chi connectivity index (χ0v) is 10.6. The van der Waals surface area contributed by atoms with Gasteiger partial charge in [0.2, 0.25) is 0 Å². The summed E-state index contributed by atoms with van der Waals surface area (Å²) in [6.07, 6.45) is 15.6. The van der Waals surface area contributed by atoms with Crippen LogP contribution in [0.1, 0.15) is 16.8 Å². The van der Waals surface area contributed by atoms with E-state index < -0.39 is 0 Å². The predicted octanol–water partition coefficient (Wildman–Crippen LogP) is 3.82. The molecule has 0 radical (unpaired) electrons. The van der Waals surface area contributed by atoms with Crippen LogP contribution in [0.5, 0.6) is 0 Å². The van der Waals surface area contributed by atoms with Gasteiger partial charge in [0.1, 0.15) is 0 Å². The lowest BCUT2D eigenvalue weighted by Gasteiger charge is -2.08. The second kappa shape index (κ2) is 4.09. The molecule has 0 unspecified atom stereocenters. The van der Waals surface area contributed by atoms with Crippen LogP contribution in [-0.2, 0) is 13.0 Å². The first kappa shape index (κ1) is 10.6. The smallest absolute Gasteiger partial charge is 0.0585 e. The Labute approximate surface area is 112 Å². The van der Waals surface area contributed by atoms with Gasteiger partial charge in [0.25, 0.3) is 0 Å². The van der Waals surface area contributed by atoms with Crippen molar-refractivity contribution in [3.05, 3.63) is 59.4 Å². The lowest BCUT2D eigenvalue weighted by molar-refractivity contribution is 0.889. The number of benzene rings is 1. The molecule has 2 aliphatic rings. The van der Waals surface area contributed by atoms with Gasteiger partial charge in [-0.15, -0.1) is 0 Å². The maximum absolute atomic E-state index is 4.30. The van der Waals surface area contributed by atoms with Gasteiger partial charge < -0.3 is 4.57 Å². The van der Waals surface area contributed by atoms with E-state index in [-0.39, 0.29) is 0 Å². The van der Waals surface area contributed by atoms with Crippen molar-refractivity contribution in [2.45, 2.75) is 13.0 Å². The molecule has 0 N–H and O–H groups in total. The van der Waals surface area contributed by atoms with E-state index in [9.17, 15) is 0 Å². The summed E-state index contributed by atoms with van der Waals surface area (Å²) in [6, 6.07) is 6.53. The Bertz CT molecular complexity index is 770. The maximum Gasteiger partial charge on any atom is 0.0585 e. The fraction of sp³-hybridized carbons (Fsp3) is 0.118. The highest BCUT2D eigenvalue weighted by molar-refractivity contribution is 5.95. The van der Waals surface area contributed by atoms with E-state index in [0.29, 0.717) is 0 Å². The van der Waals surface area contributed by atoms with Crippen molar-refractivity contribution in [3.63, 3.8) is 0 Å². The molecule has 2 heterocycles. The molecule has 0 saturated heterocycles. The first-order chi connectivity index (χ1) is 9.45. The molecule has 92 valence electrons. The van der Waals surface area contributed by atoms with Crippen LogP contribution >= 0.6 is 0 Å². The molecule has 4 rings (SSSR count). The number of hydrogen-bond donors (Lipinski definition) is 0. The van der Waals surface area contributed by atoms with E-state index in [4.69, 9.17) is 0 Å². The summed E-state index contributed by atoms with van der Waals surface area (Å²) >= 11 is 0. The Morgan fingerprint density at radius 2 is 2.11 bits per heavy atom. The molecule has 1 aromatic carbocycles. The lowest BCUT2D eigenvalue weighted by atomic mass is 10.1. The highest BCUT2D eigenvalue weighted by atomic mass is 15.0. The minimum absolute atomic E-state index is 0.831. The summed E-state index contributed by atoms with van der Waals surface area (Å²) in [6.45, 7) is 0.831. The molecule has 0 fully saturated rings. The van der Waals surface area contributed by atoms with Crippen LogP contribution in [-0.4, -0.2) is 10.8 Å². The van der Waals surface area contributed by atoms with Crippen molar-refractivity contribution >= 4 is 29.3 Å². The molecule has 0 bridgehead atoms. The number of fused-ring (bicyclic) bond motifs is 3. The van der Waals surface area contributed by atoms with E-state index in [1.807, 2.05) is 12.4 Å². The third-order valence-corrected chi connectivity index (χ3v) is 3.80. The summed E-state index contributed by atoms with van der Waals surface area (Å²) in [5.74, 6) is 0. The fourth-order valence-corrected chi connectivity index (χ4v) is 2.98. The highest BCUT2D eigenvalue weighted by Crippen LogP contribution is 2.32. The predicted molar refractivity (Wildman–Crippen MR) is 81.3 cm³/mol. The van der Waals surface area contributed by atoms with Crippen LogP contribution in [0.15, 0.2) is 47.6 Å². The van der Waals surface area contributed by atoms with E-state index >= 15 is 0 Å². The van der Waals surface area contributed by atoms with Gasteiger partial charge in [0.15, 0.2) is 0 Å². The van der Waals surface area contributed by atoms with Crippen molar-refractivity contribution in [1.29, 1.82) is 0 Å². The summed E-state index contributed by atoms with van der Waals surface area (Å²) in [5.41, 5.74) is 5.31. The Balaban J connectivity index is 2.16. The minimum atomic E-state index is 0.831. The number of rotatable bonds is 0. The number of aromatic nitrogens is 1. The standard InChI is InChI=1S/C17H14N2/c1-2-6-14-15-7-4-5-13-9-10-18-11-12-19(17(13)15)16(14)8-3-1/h1-5,7-11H,6,12H2. The molecule has 2 aromatic rings. The van der Waals surface area contributed by atoms with Gasteiger partial charge in [-0.3, -0.25) is 4.99 Å². The van der Waals surface area contributed by atoms with Gasteiger partial charge >= 0.3 is 0 Å². The molecule has 0 saturated carbocycles. The Morgan fingerprint density at radius 3 is 3.11 bits per heavy atom. The van der Waals surface area contributed by atoms with Gasteiger partial charge in [-0.2, -0.15) is 0 Å². The van der Waals surface area contributed by atoms with Crippen LogP contribution in [0.2, 0.25) is 0 Å². The first-order valence-electron chi connectivity index (χ1n) is 6.60. The Kier molecular flexibility index (Phi) is 2.27. The Hall–Kier alpha value is -2.35. The SMILES string of the molecule is C1=CCc2c(n3c4c(cccc24)C=CN=CC3)C=C1. The topological polar surface area (TPSA) is 17.3 Å². The van der Waals surface area contributed by atoms with Gasteiger partial charge in [0.05, 0.1) is 12.1 Å². The molecular weight excluding hydrogens is 232 g/mol. The fourth-order valence-electron chi connectivity index (χ4n) is 2.98. The quantitative estimate of drug-likeness (QED) is 0.672. The average molecular weight is 246 g/mol. The summed E-state index contributed by atoms with van der Waals surface area (Å²) < 4.78 is 2.37. The van der Waals surface area contributed by atoms with Crippen molar-refractivity contribution in [2.24, 2.45) is 4.99 Å². The number of hydrogen-bond acceptors (Lipinski definition) is 1. The van der Waals surface area contributed by atoms with Gasteiger partial charge in [-0.05, 0) is 24.1 Å². The van der Waals surface area contributed by atoms with Gasteiger partial charge in [0, 0.05) is 29.1 Å². The molecule has 1 aromatic heterocycles.